The molecule has 0 aliphatic rings. The number of aromatic nitrogens is 2. The van der Waals surface area contributed by atoms with Gasteiger partial charge < -0.3 is 5.11 Å². The SMILES string of the molecule is Cc1nn(C)c(CC(C(=O)O)c2ccc(F)cc2)c1Br. The van der Waals surface area contributed by atoms with E-state index in [9.17, 15) is 14.3 Å². The number of hydrogen-bond donors (Lipinski definition) is 1. The van der Waals surface area contributed by atoms with Crippen molar-refractivity contribution in [3.05, 3.63) is 51.5 Å². The summed E-state index contributed by atoms with van der Waals surface area (Å²) in [7, 11) is 1.77. The first kappa shape index (κ1) is 14.7. The number of carboxylic acid groups (broad SMARTS) is 1. The van der Waals surface area contributed by atoms with Gasteiger partial charge in [0.05, 0.1) is 21.8 Å². The van der Waals surface area contributed by atoms with Gasteiger partial charge in [-0.25, -0.2) is 4.39 Å². The van der Waals surface area contributed by atoms with E-state index in [0.717, 1.165) is 15.9 Å². The van der Waals surface area contributed by atoms with Gasteiger partial charge in [0.1, 0.15) is 5.82 Å². The highest BCUT2D eigenvalue weighted by Gasteiger charge is 2.24. The standard InChI is InChI=1S/C14H14BrFN2O2/c1-8-13(15)12(18(2)17-8)7-11(14(19)20)9-3-5-10(16)6-4-9/h3-6,11H,7H2,1-2H3,(H,19,20). The van der Waals surface area contributed by atoms with E-state index in [-0.39, 0.29) is 5.82 Å². The third-order valence-corrected chi connectivity index (χ3v) is 4.26. The van der Waals surface area contributed by atoms with E-state index in [1.807, 2.05) is 6.92 Å². The summed E-state index contributed by atoms with van der Waals surface area (Å²) in [6.07, 6.45) is 0.291. The first-order valence-electron chi connectivity index (χ1n) is 6.06. The molecule has 0 amide bonds. The van der Waals surface area contributed by atoms with Crippen LogP contribution in [0.3, 0.4) is 0 Å². The topological polar surface area (TPSA) is 55.1 Å². The van der Waals surface area contributed by atoms with Gasteiger partial charge in [0.25, 0.3) is 0 Å². The van der Waals surface area contributed by atoms with E-state index in [1.165, 1.54) is 24.3 Å². The Hall–Kier alpha value is -1.69. The molecule has 1 aromatic heterocycles. The lowest BCUT2D eigenvalue weighted by atomic mass is 9.94. The van der Waals surface area contributed by atoms with Crippen LogP contribution in [-0.2, 0) is 18.3 Å². The van der Waals surface area contributed by atoms with Gasteiger partial charge in [-0.2, -0.15) is 5.10 Å². The predicted molar refractivity (Wildman–Crippen MR) is 76.1 cm³/mol. The minimum atomic E-state index is -0.942. The van der Waals surface area contributed by atoms with Crippen molar-refractivity contribution < 1.29 is 14.3 Å². The highest BCUT2D eigenvalue weighted by Crippen LogP contribution is 2.27. The number of nitrogens with zero attached hydrogens (tertiary/aromatic N) is 2. The van der Waals surface area contributed by atoms with Crippen molar-refractivity contribution >= 4 is 21.9 Å². The molecule has 2 aromatic rings. The quantitative estimate of drug-likeness (QED) is 0.930. The van der Waals surface area contributed by atoms with Crippen LogP contribution in [0.25, 0.3) is 0 Å². The number of aryl methyl sites for hydroxylation is 2. The lowest BCUT2D eigenvalue weighted by molar-refractivity contribution is -0.138. The molecule has 0 saturated carbocycles. The highest BCUT2D eigenvalue weighted by molar-refractivity contribution is 9.10. The fraction of sp³-hybridized carbons (Fsp3) is 0.286. The largest absolute Gasteiger partial charge is 0.481 e. The van der Waals surface area contributed by atoms with Crippen molar-refractivity contribution in [3.8, 4) is 0 Å². The molecule has 0 fully saturated rings. The summed E-state index contributed by atoms with van der Waals surface area (Å²) in [6.45, 7) is 1.85. The van der Waals surface area contributed by atoms with Crippen LogP contribution in [0.15, 0.2) is 28.7 Å². The molecule has 2 rings (SSSR count). The van der Waals surface area contributed by atoms with E-state index in [1.54, 1.807) is 11.7 Å². The van der Waals surface area contributed by atoms with Crippen LogP contribution in [0.2, 0.25) is 0 Å². The van der Waals surface area contributed by atoms with Gasteiger partial charge >= 0.3 is 5.97 Å². The minimum absolute atomic E-state index is 0.291. The monoisotopic (exact) mass is 340 g/mol. The maximum absolute atomic E-state index is 12.9. The predicted octanol–water partition coefficient (Wildman–Crippen LogP) is 3.04. The lowest BCUT2D eigenvalue weighted by Crippen LogP contribution is -2.16. The summed E-state index contributed by atoms with van der Waals surface area (Å²) in [4.78, 5) is 11.5. The van der Waals surface area contributed by atoms with Crippen molar-refractivity contribution in [2.45, 2.75) is 19.3 Å². The molecule has 1 heterocycles. The van der Waals surface area contributed by atoms with E-state index in [0.29, 0.717) is 12.0 Å². The zero-order valence-corrected chi connectivity index (χ0v) is 12.7. The summed E-state index contributed by atoms with van der Waals surface area (Å²) in [5.41, 5.74) is 2.19. The average Bonchev–Trinajstić information content (AvgIpc) is 2.62. The van der Waals surface area contributed by atoms with Gasteiger partial charge in [-0.05, 0) is 40.5 Å². The Morgan fingerprint density at radius 1 is 1.45 bits per heavy atom. The van der Waals surface area contributed by atoms with Crippen LogP contribution in [0.1, 0.15) is 22.9 Å². The van der Waals surface area contributed by atoms with Gasteiger partial charge in [-0.15, -0.1) is 0 Å². The fourth-order valence-corrected chi connectivity index (χ4v) is 2.64. The normalized spacial score (nSPS) is 12.4. The van der Waals surface area contributed by atoms with Crippen LogP contribution < -0.4 is 0 Å². The van der Waals surface area contributed by atoms with E-state index < -0.39 is 11.9 Å². The van der Waals surface area contributed by atoms with Gasteiger partial charge in [-0.3, -0.25) is 9.48 Å². The van der Waals surface area contributed by atoms with E-state index >= 15 is 0 Å². The molecule has 1 aromatic carbocycles. The van der Waals surface area contributed by atoms with Crippen molar-refractivity contribution in [1.29, 1.82) is 0 Å². The van der Waals surface area contributed by atoms with Crippen LogP contribution in [0, 0.1) is 12.7 Å². The third kappa shape index (κ3) is 2.90. The molecule has 0 bridgehead atoms. The Bertz CT molecular complexity index is 637. The number of aliphatic carboxylic acids is 1. The Morgan fingerprint density at radius 3 is 2.50 bits per heavy atom. The summed E-state index contributed by atoms with van der Waals surface area (Å²) in [6, 6.07) is 5.56. The van der Waals surface area contributed by atoms with Crippen molar-refractivity contribution in [3.63, 3.8) is 0 Å². The van der Waals surface area contributed by atoms with Gasteiger partial charge in [0.2, 0.25) is 0 Å². The first-order chi connectivity index (χ1) is 9.40. The zero-order chi connectivity index (χ0) is 14.9. The van der Waals surface area contributed by atoms with E-state index in [4.69, 9.17) is 0 Å². The Kier molecular flexibility index (Phi) is 4.23. The Balaban J connectivity index is 2.35. The Morgan fingerprint density at radius 2 is 2.05 bits per heavy atom. The second-order valence-corrected chi connectivity index (χ2v) is 5.41. The molecule has 0 saturated heterocycles. The van der Waals surface area contributed by atoms with Gasteiger partial charge in [0.15, 0.2) is 0 Å². The van der Waals surface area contributed by atoms with Crippen LogP contribution in [-0.4, -0.2) is 20.9 Å². The van der Waals surface area contributed by atoms with Gasteiger partial charge in [-0.1, -0.05) is 12.1 Å². The van der Waals surface area contributed by atoms with Crippen LogP contribution in [0.5, 0.6) is 0 Å². The molecule has 4 nitrogen and oxygen atoms in total. The maximum Gasteiger partial charge on any atom is 0.311 e. The van der Waals surface area contributed by atoms with Crippen molar-refractivity contribution in [2.24, 2.45) is 7.05 Å². The van der Waals surface area contributed by atoms with Crippen LogP contribution in [0.4, 0.5) is 4.39 Å². The molecular weight excluding hydrogens is 327 g/mol. The summed E-state index contributed by atoms with van der Waals surface area (Å²) < 4.78 is 15.4. The number of carboxylic acids is 1. The lowest BCUT2D eigenvalue weighted by Gasteiger charge is -2.13. The van der Waals surface area contributed by atoms with Crippen LogP contribution >= 0.6 is 15.9 Å². The third-order valence-electron chi connectivity index (χ3n) is 3.23. The Labute approximate surface area is 124 Å². The number of benzene rings is 1. The smallest absolute Gasteiger partial charge is 0.311 e. The average molecular weight is 341 g/mol. The summed E-state index contributed by atoms with van der Waals surface area (Å²) >= 11 is 3.43. The number of halogens is 2. The molecule has 0 aliphatic carbocycles. The highest BCUT2D eigenvalue weighted by atomic mass is 79.9. The van der Waals surface area contributed by atoms with Crippen molar-refractivity contribution in [2.75, 3.05) is 0 Å². The molecule has 6 heteroatoms. The molecular formula is C14H14BrFN2O2. The molecule has 0 aliphatic heterocycles. The number of hydrogen-bond acceptors (Lipinski definition) is 2. The second kappa shape index (κ2) is 5.75. The molecule has 1 unspecified atom stereocenters. The fourth-order valence-electron chi connectivity index (χ4n) is 2.14. The second-order valence-electron chi connectivity index (χ2n) is 4.62. The molecule has 0 spiro atoms. The molecule has 0 radical (unpaired) electrons. The molecule has 1 N–H and O–H groups in total. The molecule has 106 valence electrons. The zero-order valence-electron chi connectivity index (χ0n) is 11.1. The number of rotatable bonds is 4. The first-order valence-corrected chi connectivity index (χ1v) is 6.85. The van der Waals surface area contributed by atoms with E-state index in [2.05, 4.69) is 21.0 Å². The summed E-state index contributed by atoms with van der Waals surface area (Å²) in [5, 5.41) is 13.7. The van der Waals surface area contributed by atoms with Gasteiger partial charge in [0, 0.05) is 13.5 Å². The summed E-state index contributed by atoms with van der Waals surface area (Å²) in [5.74, 6) is -2.06. The molecule has 1 atom stereocenters. The molecule has 20 heavy (non-hydrogen) atoms. The van der Waals surface area contributed by atoms with Crippen molar-refractivity contribution in [1.82, 2.24) is 9.78 Å². The minimum Gasteiger partial charge on any atom is -0.481 e. The maximum atomic E-state index is 12.9. The number of carbonyl (C=O) groups is 1.